The van der Waals surface area contributed by atoms with E-state index in [1.807, 2.05) is 32.0 Å². The van der Waals surface area contributed by atoms with E-state index in [2.05, 4.69) is 22.1 Å². The number of pyridine rings is 1. The van der Waals surface area contributed by atoms with Gasteiger partial charge in [0, 0.05) is 37.8 Å². The molecule has 0 aliphatic carbocycles. The Morgan fingerprint density at radius 2 is 2.20 bits per heavy atom. The number of likely N-dealkylation sites (N-methyl/N-ethyl adjacent to an activating group) is 1. The first kappa shape index (κ1) is 16.6. The molecule has 0 aliphatic heterocycles. The van der Waals surface area contributed by atoms with Crippen LogP contribution in [0.1, 0.15) is 31.7 Å². The Labute approximate surface area is 121 Å². The Kier molecular flexibility index (Phi) is 7.18. The molecule has 0 saturated carbocycles. The minimum absolute atomic E-state index is 0.0499. The summed E-state index contributed by atoms with van der Waals surface area (Å²) >= 11 is 0. The van der Waals surface area contributed by atoms with Gasteiger partial charge in [0.15, 0.2) is 0 Å². The van der Waals surface area contributed by atoms with E-state index in [9.17, 15) is 4.79 Å². The van der Waals surface area contributed by atoms with E-state index in [1.165, 1.54) is 0 Å². The van der Waals surface area contributed by atoms with Crippen molar-refractivity contribution < 1.29 is 4.79 Å². The van der Waals surface area contributed by atoms with Gasteiger partial charge in [-0.25, -0.2) is 0 Å². The molecule has 0 saturated heterocycles. The molecule has 0 bridgehead atoms. The van der Waals surface area contributed by atoms with E-state index in [4.69, 9.17) is 5.73 Å². The number of carbonyl (C=O) groups excluding carboxylic acids is 1. The molecule has 1 aromatic heterocycles. The van der Waals surface area contributed by atoms with Crippen molar-refractivity contribution >= 4 is 5.91 Å². The predicted molar refractivity (Wildman–Crippen MR) is 81.2 cm³/mol. The van der Waals surface area contributed by atoms with Crippen LogP contribution in [-0.4, -0.2) is 41.5 Å². The van der Waals surface area contributed by atoms with E-state index in [-0.39, 0.29) is 11.9 Å². The summed E-state index contributed by atoms with van der Waals surface area (Å²) < 4.78 is 0. The first-order chi connectivity index (χ1) is 9.60. The number of aryl methyl sites for hydroxylation is 1. The standard InChI is InChI=1S/C15H26N4O/c1-4-17-15(20)9-14(10-16)19(5-2)11-13-8-6-7-12(3)18-13/h6-8,14H,4-5,9-11,16H2,1-3H3,(H,17,20). The van der Waals surface area contributed by atoms with Gasteiger partial charge in [0.05, 0.1) is 5.69 Å². The van der Waals surface area contributed by atoms with Gasteiger partial charge in [-0.3, -0.25) is 14.7 Å². The maximum atomic E-state index is 11.7. The fraction of sp³-hybridized carbons (Fsp3) is 0.600. The van der Waals surface area contributed by atoms with Gasteiger partial charge < -0.3 is 11.1 Å². The van der Waals surface area contributed by atoms with E-state index in [0.717, 1.165) is 24.5 Å². The highest BCUT2D eigenvalue weighted by molar-refractivity contribution is 5.76. The average Bonchev–Trinajstić information content (AvgIpc) is 2.43. The van der Waals surface area contributed by atoms with Crippen molar-refractivity contribution in [3.05, 3.63) is 29.6 Å². The van der Waals surface area contributed by atoms with Gasteiger partial charge in [-0.2, -0.15) is 0 Å². The molecule has 1 heterocycles. The average molecular weight is 278 g/mol. The zero-order valence-corrected chi connectivity index (χ0v) is 12.7. The molecule has 0 aromatic carbocycles. The van der Waals surface area contributed by atoms with Gasteiger partial charge in [-0.15, -0.1) is 0 Å². The second-order valence-corrected chi connectivity index (χ2v) is 4.88. The quantitative estimate of drug-likeness (QED) is 0.746. The molecule has 1 amide bonds. The molecule has 5 nitrogen and oxygen atoms in total. The van der Waals surface area contributed by atoms with E-state index < -0.39 is 0 Å². The van der Waals surface area contributed by atoms with E-state index in [0.29, 0.717) is 19.5 Å². The van der Waals surface area contributed by atoms with Crippen LogP contribution in [0.5, 0.6) is 0 Å². The number of nitrogens with two attached hydrogens (primary N) is 1. The lowest BCUT2D eigenvalue weighted by molar-refractivity contribution is -0.122. The van der Waals surface area contributed by atoms with Crippen LogP contribution in [0, 0.1) is 6.92 Å². The third kappa shape index (κ3) is 5.27. The molecule has 1 atom stereocenters. The number of nitrogens with zero attached hydrogens (tertiary/aromatic N) is 2. The number of rotatable bonds is 8. The third-order valence-corrected chi connectivity index (χ3v) is 3.30. The lowest BCUT2D eigenvalue weighted by Crippen LogP contribution is -2.43. The fourth-order valence-electron chi connectivity index (χ4n) is 2.24. The molecule has 5 heteroatoms. The molecule has 20 heavy (non-hydrogen) atoms. The van der Waals surface area contributed by atoms with E-state index >= 15 is 0 Å². The molecule has 0 fully saturated rings. The summed E-state index contributed by atoms with van der Waals surface area (Å²) in [5, 5.41) is 2.83. The Morgan fingerprint density at radius 1 is 1.45 bits per heavy atom. The molecule has 1 unspecified atom stereocenters. The summed E-state index contributed by atoms with van der Waals surface area (Å²) in [6.45, 7) is 8.67. The summed E-state index contributed by atoms with van der Waals surface area (Å²) in [6, 6.07) is 6.05. The molecule has 0 radical (unpaired) electrons. The summed E-state index contributed by atoms with van der Waals surface area (Å²) in [4.78, 5) is 18.4. The smallest absolute Gasteiger partial charge is 0.221 e. The number of aromatic nitrogens is 1. The van der Waals surface area contributed by atoms with Crippen LogP contribution >= 0.6 is 0 Å². The highest BCUT2D eigenvalue weighted by Gasteiger charge is 2.19. The molecule has 1 aromatic rings. The van der Waals surface area contributed by atoms with Crippen LogP contribution in [0.4, 0.5) is 0 Å². The summed E-state index contributed by atoms with van der Waals surface area (Å²) in [5.74, 6) is 0.0543. The lowest BCUT2D eigenvalue weighted by Gasteiger charge is -2.29. The second kappa shape index (κ2) is 8.66. The van der Waals surface area contributed by atoms with Gasteiger partial charge in [0.2, 0.25) is 5.91 Å². The van der Waals surface area contributed by atoms with Crippen molar-refractivity contribution in [3.8, 4) is 0 Å². The van der Waals surface area contributed by atoms with Crippen molar-refractivity contribution in [2.75, 3.05) is 19.6 Å². The number of nitrogens with one attached hydrogen (secondary N) is 1. The Balaban J connectivity index is 2.69. The number of hydrogen-bond donors (Lipinski definition) is 2. The second-order valence-electron chi connectivity index (χ2n) is 4.88. The lowest BCUT2D eigenvalue weighted by atomic mass is 10.1. The maximum absolute atomic E-state index is 11.7. The van der Waals surface area contributed by atoms with Crippen LogP contribution in [0.2, 0.25) is 0 Å². The molecular weight excluding hydrogens is 252 g/mol. The maximum Gasteiger partial charge on any atom is 0.221 e. The van der Waals surface area contributed by atoms with Gasteiger partial charge in [-0.1, -0.05) is 13.0 Å². The van der Waals surface area contributed by atoms with E-state index in [1.54, 1.807) is 0 Å². The molecule has 0 aliphatic rings. The van der Waals surface area contributed by atoms with Crippen LogP contribution in [0.3, 0.4) is 0 Å². The Morgan fingerprint density at radius 3 is 2.75 bits per heavy atom. The van der Waals surface area contributed by atoms with Crippen molar-refractivity contribution in [1.29, 1.82) is 0 Å². The molecule has 112 valence electrons. The largest absolute Gasteiger partial charge is 0.356 e. The van der Waals surface area contributed by atoms with Crippen molar-refractivity contribution in [2.24, 2.45) is 5.73 Å². The summed E-state index contributed by atoms with van der Waals surface area (Å²) in [7, 11) is 0. The van der Waals surface area contributed by atoms with Crippen LogP contribution in [0.15, 0.2) is 18.2 Å². The molecule has 0 spiro atoms. The minimum Gasteiger partial charge on any atom is -0.356 e. The minimum atomic E-state index is 0.0499. The van der Waals surface area contributed by atoms with Crippen LogP contribution in [-0.2, 0) is 11.3 Å². The van der Waals surface area contributed by atoms with Gasteiger partial charge in [0.1, 0.15) is 0 Å². The highest BCUT2D eigenvalue weighted by atomic mass is 16.1. The van der Waals surface area contributed by atoms with Crippen molar-refractivity contribution in [2.45, 2.75) is 39.8 Å². The molecule has 3 N–H and O–H groups in total. The van der Waals surface area contributed by atoms with Crippen molar-refractivity contribution in [1.82, 2.24) is 15.2 Å². The van der Waals surface area contributed by atoms with Gasteiger partial charge >= 0.3 is 0 Å². The monoisotopic (exact) mass is 278 g/mol. The zero-order chi connectivity index (χ0) is 15.0. The molecular formula is C15H26N4O. The first-order valence-corrected chi connectivity index (χ1v) is 7.24. The molecule has 1 rings (SSSR count). The third-order valence-electron chi connectivity index (χ3n) is 3.30. The number of hydrogen-bond acceptors (Lipinski definition) is 4. The zero-order valence-electron chi connectivity index (χ0n) is 12.7. The Bertz CT molecular complexity index is 422. The summed E-state index contributed by atoms with van der Waals surface area (Å²) in [5.41, 5.74) is 7.86. The van der Waals surface area contributed by atoms with Crippen LogP contribution < -0.4 is 11.1 Å². The Hall–Kier alpha value is -1.46. The fourth-order valence-corrected chi connectivity index (χ4v) is 2.24. The van der Waals surface area contributed by atoms with Gasteiger partial charge in [0.25, 0.3) is 0 Å². The normalized spacial score (nSPS) is 12.4. The topological polar surface area (TPSA) is 71.2 Å². The first-order valence-electron chi connectivity index (χ1n) is 7.24. The SMILES string of the molecule is CCNC(=O)CC(CN)N(CC)Cc1cccc(C)n1. The predicted octanol–water partition coefficient (Wildman–Crippen LogP) is 1.07. The van der Waals surface area contributed by atoms with Gasteiger partial charge in [-0.05, 0) is 32.5 Å². The van der Waals surface area contributed by atoms with Crippen molar-refractivity contribution in [3.63, 3.8) is 0 Å². The summed E-state index contributed by atoms with van der Waals surface area (Å²) in [6.07, 6.45) is 0.435. The van der Waals surface area contributed by atoms with Crippen LogP contribution in [0.25, 0.3) is 0 Å². The number of amides is 1. The highest BCUT2D eigenvalue weighted by Crippen LogP contribution is 2.09. The number of carbonyl (C=O) groups is 1.